The number of carbonyl (C=O) groups is 1. The molecule has 3 bridgehead atoms. The summed E-state index contributed by atoms with van der Waals surface area (Å²) >= 11 is 0. The summed E-state index contributed by atoms with van der Waals surface area (Å²) in [5.74, 6) is 2.39. The molecule has 0 spiro atoms. The molecule has 35 heavy (non-hydrogen) atoms. The minimum atomic E-state index is -4.49. The first-order chi connectivity index (χ1) is 16.7. The molecule has 1 aliphatic heterocycles. The summed E-state index contributed by atoms with van der Waals surface area (Å²) in [6, 6.07) is 4.56. The molecule has 0 radical (unpaired) electrons. The van der Waals surface area contributed by atoms with Crippen LogP contribution < -0.4 is 15.4 Å². The van der Waals surface area contributed by atoms with Crippen LogP contribution in [0.4, 0.5) is 19.0 Å². The first-order valence-electron chi connectivity index (χ1n) is 12.6. The average Bonchev–Trinajstić information content (AvgIpc) is 3.31. The van der Waals surface area contributed by atoms with E-state index < -0.39 is 18.3 Å². The van der Waals surface area contributed by atoms with Crippen molar-refractivity contribution in [2.45, 2.75) is 75.2 Å². The van der Waals surface area contributed by atoms with Gasteiger partial charge in [0.2, 0.25) is 0 Å². The van der Waals surface area contributed by atoms with Crippen LogP contribution >= 0.6 is 0 Å². The largest absolute Gasteiger partial charge is 0.497 e. The summed E-state index contributed by atoms with van der Waals surface area (Å²) in [7, 11) is 1.54. The molecule has 3 aliphatic carbocycles. The Bertz CT molecular complexity index is 1110. The van der Waals surface area contributed by atoms with Gasteiger partial charge in [-0.05, 0) is 61.1 Å². The van der Waals surface area contributed by atoms with Crippen LogP contribution in [-0.4, -0.2) is 34.5 Å². The maximum Gasteiger partial charge on any atom is 0.410 e. The number of halogens is 3. The van der Waals surface area contributed by atoms with Crippen LogP contribution in [0.5, 0.6) is 5.75 Å². The Labute approximate surface area is 202 Å². The molecule has 6 unspecified atom stereocenters. The molecule has 2 heterocycles. The molecule has 4 aliphatic rings. The lowest BCUT2D eigenvalue weighted by Crippen LogP contribution is -2.50. The lowest BCUT2D eigenvalue weighted by molar-refractivity contribution is -0.173. The summed E-state index contributed by atoms with van der Waals surface area (Å²) in [6.45, 7) is 0. The van der Waals surface area contributed by atoms with Crippen molar-refractivity contribution in [2.75, 3.05) is 12.4 Å². The van der Waals surface area contributed by atoms with E-state index in [1.54, 1.807) is 31.4 Å². The van der Waals surface area contributed by atoms with Crippen molar-refractivity contribution in [3.8, 4) is 5.75 Å². The fraction of sp³-hybridized carbons (Fsp3) is 0.615. The number of hydrogen-bond acceptors (Lipinski definition) is 4. The number of nitrogens with one attached hydrogen (secondary N) is 2. The number of anilines is 1. The molecule has 1 aromatic carbocycles. The standard InChI is InChI=1S/C26H31F3N4O2/c1-35-19-7-5-16(6-8-19)21-10-22(26(27,28)29)33-23(31-21)20(14-30-33)24(34)32-25-11-15-3-2-4-17(12-25)18(9-15)13-25/h5-8,14-15,17-18,21-22,31H,2-4,9-13H2,1H3,(H,32,34). The number of ether oxygens (including phenoxy) is 1. The molecule has 9 heteroatoms. The highest BCUT2D eigenvalue weighted by molar-refractivity contribution is 5.99. The van der Waals surface area contributed by atoms with E-state index in [1.807, 2.05) is 0 Å². The van der Waals surface area contributed by atoms with Gasteiger partial charge >= 0.3 is 6.18 Å². The van der Waals surface area contributed by atoms with Crippen molar-refractivity contribution >= 4 is 11.7 Å². The van der Waals surface area contributed by atoms with Crippen LogP contribution in [0.15, 0.2) is 30.5 Å². The monoisotopic (exact) mass is 488 g/mol. The Balaban J connectivity index is 1.29. The third-order valence-electron chi connectivity index (χ3n) is 8.86. The fourth-order valence-electron chi connectivity index (χ4n) is 7.40. The molecule has 3 saturated carbocycles. The van der Waals surface area contributed by atoms with E-state index in [2.05, 4.69) is 15.7 Å². The summed E-state index contributed by atoms with van der Waals surface area (Å²) in [5.41, 5.74) is 0.653. The second kappa shape index (κ2) is 8.17. The minimum Gasteiger partial charge on any atom is -0.497 e. The molecule has 1 aromatic heterocycles. The topological polar surface area (TPSA) is 68.2 Å². The summed E-state index contributed by atoms with van der Waals surface area (Å²) in [4.78, 5) is 13.5. The number of rotatable bonds is 4. The quantitative estimate of drug-likeness (QED) is 0.585. The van der Waals surface area contributed by atoms with E-state index in [-0.39, 0.29) is 29.2 Å². The average molecular weight is 489 g/mol. The number of hydrogen-bond donors (Lipinski definition) is 2. The zero-order valence-electron chi connectivity index (χ0n) is 19.8. The van der Waals surface area contributed by atoms with Crippen LogP contribution in [0.25, 0.3) is 0 Å². The zero-order valence-corrected chi connectivity index (χ0v) is 19.8. The molecule has 6 rings (SSSR count). The molecule has 1 amide bonds. The minimum absolute atomic E-state index is 0.138. The Kier molecular flexibility index (Phi) is 5.30. The smallest absolute Gasteiger partial charge is 0.410 e. The van der Waals surface area contributed by atoms with Gasteiger partial charge in [-0.1, -0.05) is 31.4 Å². The van der Waals surface area contributed by atoms with Gasteiger partial charge in [0.25, 0.3) is 5.91 Å². The number of nitrogens with zero attached hydrogens (tertiary/aromatic N) is 2. The number of aromatic nitrogens is 2. The number of alkyl halides is 3. The predicted octanol–water partition coefficient (Wildman–Crippen LogP) is 5.64. The molecule has 3 fully saturated rings. The number of carbonyl (C=O) groups excluding carboxylic acids is 1. The third kappa shape index (κ3) is 3.96. The molecular formula is C26H31F3N4O2. The van der Waals surface area contributed by atoms with E-state index in [1.165, 1.54) is 31.9 Å². The van der Waals surface area contributed by atoms with Crippen LogP contribution in [0, 0.1) is 17.8 Å². The van der Waals surface area contributed by atoms with Gasteiger partial charge in [0.15, 0.2) is 6.04 Å². The second-order valence-electron chi connectivity index (χ2n) is 11.0. The van der Waals surface area contributed by atoms with E-state index in [0.717, 1.165) is 23.9 Å². The van der Waals surface area contributed by atoms with Gasteiger partial charge in [-0.15, -0.1) is 0 Å². The highest BCUT2D eigenvalue weighted by Gasteiger charge is 2.53. The summed E-state index contributed by atoms with van der Waals surface area (Å²) in [6.07, 6.45) is 4.49. The SMILES string of the molecule is COc1ccc(C2CC(C(F)(F)F)n3ncc(C(=O)NC45CC6CCCC(C4)C(C6)C5)c3N2)cc1. The first kappa shape index (κ1) is 22.7. The first-order valence-corrected chi connectivity index (χ1v) is 12.6. The molecule has 6 atom stereocenters. The Morgan fingerprint density at radius 1 is 1.14 bits per heavy atom. The third-order valence-corrected chi connectivity index (χ3v) is 8.86. The fourth-order valence-corrected chi connectivity index (χ4v) is 7.40. The Morgan fingerprint density at radius 2 is 1.91 bits per heavy atom. The number of methoxy groups -OCH3 is 1. The van der Waals surface area contributed by atoms with Gasteiger partial charge < -0.3 is 15.4 Å². The normalized spacial score (nSPS) is 33.5. The molecule has 6 nitrogen and oxygen atoms in total. The van der Waals surface area contributed by atoms with Crippen molar-refractivity contribution in [3.63, 3.8) is 0 Å². The molecule has 2 aromatic rings. The van der Waals surface area contributed by atoms with Gasteiger partial charge in [-0.25, -0.2) is 4.68 Å². The van der Waals surface area contributed by atoms with E-state index in [9.17, 15) is 18.0 Å². The predicted molar refractivity (Wildman–Crippen MR) is 124 cm³/mol. The summed E-state index contributed by atoms with van der Waals surface area (Å²) < 4.78 is 48.3. The molecule has 0 saturated heterocycles. The summed E-state index contributed by atoms with van der Waals surface area (Å²) in [5, 5.41) is 10.5. The Hall–Kier alpha value is -2.71. The number of benzene rings is 1. The molecular weight excluding hydrogens is 457 g/mol. The highest BCUT2D eigenvalue weighted by Crippen LogP contribution is 2.55. The van der Waals surface area contributed by atoms with Crippen molar-refractivity contribution in [1.29, 1.82) is 0 Å². The van der Waals surface area contributed by atoms with Crippen molar-refractivity contribution < 1.29 is 22.7 Å². The lowest BCUT2D eigenvalue weighted by Gasteiger charge is -2.39. The van der Waals surface area contributed by atoms with E-state index in [0.29, 0.717) is 29.1 Å². The van der Waals surface area contributed by atoms with Gasteiger partial charge in [0.1, 0.15) is 17.1 Å². The van der Waals surface area contributed by atoms with Crippen LogP contribution in [0.3, 0.4) is 0 Å². The lowest BCUT2D eigenvalue weighted by atomic mass is 9.75. The van der Waals surface area contributed by atoms with E-state index in [4.69, 9.17) is 4.74 Å². The van der Waals surface area contributed by atoms with Gasteiger partial charge in [0.05, 0.1) is 19.3 Å². The van der Waals surface area contributed by atoms with Gasteiger partial charge in [-0.3, -0.25) is 4.79 Å². The maximum absolute atomic E-state index is 14.1. The zero-order chi connectivity index (χ0) is 24.4. The van der Waals surface area contributed by atoms with Crippen LogP contribution in [0.2, 0.25) is 0 Å². The molecule has 188 valence electrons. The van der Waals surface area contributed by atoms with Gasteiger partial charge in [-0.2, -0.15) is 18.3 Å². The maximum atomic E-state index is 14.1. The van der Waals surface area contributed by atoms with Crippen LogP contribution in [0.1, 0.15) is 79.4 Å². The van der Waals surface area contributed by atoms with Crippen LogP contribution in [-0.2, 0) is 0 Å². The number of fused-ring (bicyclic) bond motifs is 3. The molecule has 2 N–H and O–H groups in total. The van der Waals surface area contributed by atoms with Crippen molar-refractivity contribution in [2.24, 2.45) is 17.8 Å². The van der Waals surface area contributed by atoms with E-state index >= 15 is 0 Å². The van der Waals surface area contributed by atoms with Gasteiger partial charge in [0, 0.05) is 12.0 Å². The van der Waals surface area contributed by atoms with Crippen molar-refractivity contribution in [3.05, 3.63) is 41.6 Å². The second-order valence-corrected chi connectivity index (χ2v) is 11.0. The number of amides is 1. The Morgan fingerprint density at radius 3 is 2.66 bits per heavy atom. The van der Waals surface area contributed by atoms with Crippen molar-refractivity contribution in [1.82, 2.24) is 15.1 Å². The highest BCUT2D eigenvalue weighted by atomic mass is 19.4.